The normalized spacial score (nSPS) is 10.3. The Morgan fingerprint density at radius 1 is 1.50 bits per heavy atom. The molecule has 1 aromatic carbocycles. The zero-order chi connectivity index (χ0) is 14.4. The molecular formula is C14H15FN2O2S. The molecular weight excluding hydrogens is 279 g/mol. The predicted octanol–water partition coefficient (Wildman–Crippen LogP) is 3.24. The van der Waals surface area contributed by atoms with E-state index in [4.69, 9.17) is 4.74 Å². The number of carbonyl (C=O) groups excluding carboxylic acids is 1. The van der Waals surface area contributed by atoms with Gasteiger partial charge in [0.15, 0.2) is 0 Å². The molecule has 0 spiro atoms. The third-order valence-corrected chi connectivity index (χ3v) is 3.49. The van der Waals surface area contributed by atoms with Crippen molar-refractivity contribution in [2.24, 2.45) is 0 Å². The number of aromatic nitrogens is 1. The molecule has 2 rings (SSSR count). The highest BCUT2D eigenvalue weighted by Crippen LogP contribution is 2.24. The Kier molecular flexibility index (Phi) is 5.06. The van der Waals surface area contributed by atoms with Gasteiger partial charge in [0, 0.05) is 23.9 Å². The fourth-order valence-electron chi connectivity index (χ4n) is 1.65. The number of hydrogen-bond donors (Lipinski definition) is 1. The third-order valence-electron chi connectivity index (χ3n) is 2.55. The van der Waals surface area contributed by atoms with Crippen LogP contribution in [0.15, 0.2) is 29.6 Å². The van der Waals surface area contributed by atoms with Crippen molar-refractivity contribution in [2.75, 3.05) is 13.2 Å². The second-order valence-corrected chi connectivity index (χ2v) is 4.91. The summed E-state index contributed by atoms with van der Waals surface area (Å²) in [7, 11) is 0. The zero-order valence-corrected chi connectivity index (χ0v) is 11.9. The summed E-state index contributed by atoms with van der Waals surface area (Å²) in [4.78, 5) is 15.5. The van der Waals surface area contributed by atoms with Crippen molar-refractivity contribution >= 4 is 17.4 Å². The van der Waals surface area contributed by atoms with Crippen LogP contribution in [0.5, 0.6) is 0 Å². The fourth-order valence-corrected chi connectivity index (χ4v) is 2.50. The molecule has 0 saturated carbocycles. The van der Waals surface area contributed by atoms with Crippen LogP contribution >= 0.6 is 11.3 Å². The van der Waals surface area contributed by atoms with Crippen LogP contribution in [0.25, 0.3) is 10.6 Å². The van der Waals surface area contributed by atoms with E-state index in [0.717, 1.165) is 16.3 Å². The SMILES string of the molecule is CCOC(=O)NCCc1csc(-c2cccc(F)c2)n1. The van der Waals surface area contributed by atoms with E-state index in [0.29, 0.717) is 19.6 Å². The summed E-state index contributed by atoms with van der Waals surface area (Å²) in [5.74, 6) is -0.275. The van der Waals surface area contributed by atoms with Crippen molar-refractivity contribution in [3.05, 3.63) is 41.2 Å². The Labute approximate surface area is 120 Å². The lowest BCUT2D eigenvalue weighted by Gasteiger charge is -2.03. The van der Waals surface area contributed by atoms with Crippen molar-refractivity contribution in [2.45, 2.75) is 13.3 Å². The summed E-state index contributed by atoms with van der Waals surface area (Å²) < 4.78 is 17.9. The number of alkyl carbamates (subject to hydrolysis) is 1. The molecule has 0 aliphatic carbocycles. The van der Waals surface area contributed by atoms with E-state index in [1.807, 2.05) is 11.4 Å². The second kappa shape index (κ2) is 7.00. The quantitative estimate of drug-likeness (QED) is 0.921. The molecule has 0 unspecified atom stereocenters. The largest absolute Gasteiger partial charge is 0.450 e. The van der Waals surface area contributed by atoms with Gasteiger partial charge in [0.1, 0.15) is 10.8 Å². The van der Waals surface area contributed by atoms with Gasteiger partial charge in [-0.15, -0.1) is 11.3 Å². The zero-order valence-electron chi connectivity index (χ0n) is 11.1. The highest BCUT2D eigenvalue weighted by Gasteiger charge is 2.06. The molecule has 1 N–H and O–H groups in total. The molecule has 0 saturated heterocycles. The van der Waals surface area contributed by atoms with Crippen molar-refractivity contribution in [3.63, 3.8) is 0 Å². The van der Waals surface area contributed by atoms with Crippen LogP contribution in [0, 0.1) is 5.82 Å². The van der Waals surface area contributed by atoms with E-state index in [9.17, 15) is 9.18 Å². The lowest BCUT2D eigenvalue weighted by molar-refractivity contribution is 0.152. The average Bonchev–Trinajstić information content (AvgIpc) is 2.88. The standard InChI is InChI=1S/C14H15FN2O2S/c1-2-19-14(18)16-7-6-12-9-20-13(17-12)10-4-3-5-11(15)8-10/h3-5,8-9H,2,6-7H2,1H3,(H,16,18). The Balaban J connectivity index is 1.91. The molecule has 0 aliphatic heterocycles. The Bertz CT molecular complexity index is 586. The van der Waals surface area contributed by atoms with Crippen LogP contribution in [0.4, 0.5) is 9.18 Å². The molecule has 0 fully saturated rings. The minimum absolute atomic E-state index is 0.275. The summed E-state index contributed by atoms with van der Waals surface area (Å²) in [6.45, 7) is 2.57. The number of nitrogens with one attached hydrogen (secondary N) is 1. The van der Waals surface area contributed by atoms with E-state index in [1.54, 1.807) is 13.0 Å². The molecule has 0 atom stereocenters. The minimum Gasteiger partial charge on any atom is -0.450 e. The van der Waals surface area contributed by atoms with Gasteiger partial charge in [0.2, 0.25) is 0 Å². The number of ether oxygens (including phenoxy) is 1. The third kappa shape index (κ3) is 4.03. The van der Waals surface area contributed by atoms with Gasteiger partial charge >= 0.3 is 6.09 Å². The molecule has 4 nitrogen and oxygen atoms in total. The number of hydrogen-bond acceptors (Lipinski definition) is 4. The lowest BCUT2D eigenvalue weighted by Crippen LogP contribution is -2.26. The smallest absolute Gasteiger partial charge is 0.407 e. The van der Waals surface area contributed by atoms with Gasteiger partial charge in [-0.2, -0.15) is 0 Å². The van der Waals surface area contributed by atoms with E-state index in [2.05, 4.69) is 10.3 Å². The maximum Gasteiger partial charge on any atom is 0.407 e. The van der Waals surface area contributed by atoms with Gasteiger partial charge in [0.05, 0.1) is 12.3 Å². The topological polar surface area (TPSA) is 51.2 Å². The van der Waals surface area contributed by atoms with Gasteiger partial charge in [0.25, 0.3) is 0 Å². The van der Waals surface area contributed by atoms with E-state index < -0.39 is 6.09 Å². The van der Waals surface area contributed by atoms with Gasteiger partial charge in [-0.05, 0) is 19.1 Å². The molecule has 0 bridgehead atoms. The molecule has 6 heteroatoms. The predicted molar refractivity (Wildman–Crippen MR) is 76.2 cm³/mol. The fraction of sp³-hybridized carbons (Fsp3) is 0.286. The molecule has 1 aromatic heterocycles. The highest BCUT2D eigenvalue weighted by molar-refractivity contribution is 7.13. The van der Waals surface area contributed by atoms with Gasteiger partial charge in [-0.3, -0.25) is 0 Å². The van der Waals surface area contributed by atoms with Crippen LogP contribution in [0.3, 0.4) is 0 Å². The first kappa shape index (κ1) is 14.5. The maximum atomic E-state index is 13.1. The number of thiazole rings is 1. The number of amides is 1. The lowest BCUT2D eigenvalue weighted by atomic mass is 10.2. The number of halogens is 1. The number of nitrogens with zero attached hydrogens (tertiary/aromatic N) is 1. The number of rotatable bonds is 5. The van der Waals surface area contributed by atoms with Crippen molar-refractivity contribution < 1.29 is 13.9 Å². The first-order valence-electron chi connectivity index (χ1n) is 6.30. The van der Waals surface area contributed by atoms with E-state index >= 15 is 0 Å². The first-order chi connectivity index (χ1) is 9.69. The van der Waals surface area contributed by atoms with Gasteiger partial charge in [-0.25, -0.2) is 14.2 Å². The van der Waals surface area contributed by atoms with E-state index in [-0.39, 0.29) is 5.82 Å². The van der Waals surface area contributed by atoms with Crippen molar-refractivity contribution in [3.8, 4) is 10.6 Å². The van der Waals surface area contributed by atoms with Gasteiger partial charge in [-0.1, -0.05) is 12.1 Å². The highest BCUT2D eigenvalue weighted by atomic mass is 32.1. The Hall–Kier alpha value is -1.95. The monoisotopic (exact) mass is 294 g/mol. The summed E-state index contributed by atoms with van der Waals surface area (Å²) in [5.41, 5.74) is 1.63. The average molecular weight is 294 g/mol. The Morgan fingerprint density at radius 3 is 3.10 bits per heavy atom. The van der Waals surface area contributed by atoms with Crippen LogP contribution < -0.4 is 5.32 Å². The molecule has 106 valence electrons. The molecule has 1 amide bonds. The first-order valence-corrected chi connectivity index (χ1v) is 7.18. The maximum absolute atomic E-state index is 13.1. The second-order valence-electron chi connectivity index (χ2n) is 4.05. The molecule has 20 heavy (non-hydrogen) atoms. The Morgan fingerprint density at radius 2 is 2.35 bits per heavy atom. The summed E-state index contributed by atoms with van der Waals surface area (Å²) in [6, 6.07) is 6.34. The van der Waals surface area contributed by atoms with E-state index in [1.165, 1.54) is 23.5 Å². The molecule has 0 aliphatic rings. The van der Waals surface area contributed by atoms with Crippen LogP contribution in [-0.2, 0) is 11.2 Å². The van der Waals surface area contributed by atoms with Crippen LogP contribution in [-0.4, -0.2) is 24.2 Å². The van der Waals surface area contributed by atoms with Crippen LogP contribution in [0.1, 0.15) is 12.6 Å². The van der Waals surface area contributed by atoms with Crippen molar-refractivity contribution in [1.82, 2.24) is 10.3 Å². The summed E-state index contributed by atoms with van der Waals surface area (Å²) in [6.07, 6.45) is 0.193. The minimum atomic E-state index is -0.423. The summed E-state index contributed by atoms with van der Waals surface area (Å²) in [5, 5.41) is 5.32. The van der Waals surface area contributed by atoms with Gasteiger partial charge < -0.3 is 10.1 Å². The number of carbonyl (C=O) groups is 1. The molecule has 0 radical (unpaired) electrons. The van der Waals surface area contributed by atoms with Crippen LogP contribution in [0.2, 0.25) is 0 Å². The number of benzene rings is 1. The van der Waals surface area contributed by atoms with Crippen molar-refractivity contribution in [1.29, 1.82) is 0 Å². The molecule has 2 aromatic rings. The summed E-state index contributed by atoms with van der Waals surface area (Å²) >= 11 is 1.46. The molecule has 1 heterocycles.